The number of nitrogens with zero attached hydrogens (tertiary/aromatic N) is 1. The van der Waals surface area contributed by atoms with E-state index in [9.17, 15) is 14.4 Å². The summed E-state index contributed by atoms with van der Waals surface area (Å²) in [6.07, 6.45) is 6.04. The van der Waals surface area contributed by atoms with Crippen LogP contribution in [0.3, 0.4) is 0 Å². The number of imide groups is 1. The lowest BCUT2D eigenvalue weighted by Gasteiger charge is -2.29. The molecular weight excluding hydrogens is 256 g/mol. The summed E-state index contributed by atoms with van der Waals surface area (Å²) in [5.74, 6) is 1.65. The average Bonchev–Trinajstić information content (AvgIpc) is 2.76. The van der Waals surface area contributed by atoms with Gasteiger partial charge in [0.1, 0.15) is 6.04 Å². The van der Waals surface area contributed by atoms with Gasteiger partial charge in [-0.25, -0.2) is 0 Å². The van der Waals surface area contributed by atoms with Crippen LogP contribution >= 0.6 is 0 Å². The highest BCUT2D eigenvalue weighted by molar-refractivity contribution is 6.05. The van der Waals surface area contributed by atoms with Crippen molar-refractivity contribution in [1.29, 1.82) is 0 Å². The molecule has 1 saturated heterocycles. The largest absolute Gasteiger partial charge is 0.322 e. The van der Waals surface area contributed by atoms with Crippen LogP contribution in [0.5, 0.6) is 0 Å². The molecule has 1 aromatic carbocycles. The molecule has 0 bridgehead atoms. The minimum Gasteiger partial charge on any atom is -0.322 e. The molecule has 1 unspecified atom stereocenters. The number of piperidine rings is 1. The van der Waals surface area contributed by atoms with E-state index in [0.29, 0.717) is 24.1 Å². The molecule has 0 saturated carbocycles. The van der Waals surface area contributed by atoms with Gasteiger partial charge in [-0.1, -0.05) is 12.0 Å². The summed E-state index contributed by atoms with van der Waals surface area (Å²) in [7, 11) is 0. The number of nitrogens with one attached hydrogen (secondary N) is 1. The summed E-state index contributed by atoms with van der Waals surface area (Å²) in [5.41, 5.74) is 2.00. The predicted molar refractivity (Wildman–Crippen MR) is 70.4 cm³/mol. The quantitative estimate of drug-likeness (QED) is 0.593. The van der Waals surface area contributed by atoms with Gasteiger partial charge in [-0.15, -0.1) is 6.42 Å². The van der Waals surface area contributed by atoms with Crippen LogP contribution in [-0.2, 0) is 16.1 Å². The van der Waals surface area contributed by atoms with Gasteiger partial charge in [0.15, 0.2) is 0 Å². The van der Waals surface area contributed by atoms with E-state index < -0.39 is 11.9 Å². The molecular formula is C15H12N2O3. The molecule has 1 aromatic rings. The van der Waals surface area contributed by atoms with Crippen molar-refractivity contribution in [2.45, 2.75) is 25.4 Å². The second-order valence-corrected chi connectivity index (χ2v) is 4.88. The first-order valence-corrected chi connectivity index (χ1v) is 6.35. The Bertz CT molecular complexity index is 672. The van der Waals surface area contributed by atoms with E-state index >= 15 is 0 Å². The molecule has 0 radical (unpaired) electrons. The van der Waals surface area contributed by atoms with Gasteiger partial charge in [-0.3, -0.25) is 19.7 Å². The molecule has 0 aromatic heterocycles. The van der Waals surface area contributed by atoms with Crippen molar-refractivity contribution in [3.63, 3.8) is 0 Å². The highest BCUT2D eigenvalue weighted by Gasteiger charge is 2.39. The van der Waals surface area contributed by atoms with Gasteiger partial charge < -0.3 is 4.90 Å². The second kappa shape index (κ2) is 4.49. The summed E-state index contributed by atoms with van der Waals surface area (Å²) in [6, 6.07) is 4.63. The van der Waals surface area contributed by atoms with Crippen molar-refractivity contribution in [2.75, 3.05) is 0 Å². The Hall–Kier alpha value is -2.61. The third kappa shape index (κ3) is 1.77. The minimum absolute atomic E-state index is 0.202. The number of amides is 3. The van der Waals surface area contributed by atoms with Crippen molar-refractivity contribution < 1.29 is 14.4 Å². The molecule has 1 N–H and O–H groups in total. The lowest BCUT2D eigenvalue weighted by Crippen LogP contribution is -2.52. The molecule has 20 heavy (non-hydrogen) atoms. The number of hydrogen-bond donors (Lipinski definition) is 1. The Balaban J connectivity index is 1.93. The third-order valence-electron chi connectivity index (χ3n) is 3.74. The Morgan fingerprint density at radius 1 is 1.30 bits per heavy atom. The zero-order valence-corrected chi connectivity index (χ0v) is 10.7. The van der Waals surface area contributed by atoms with Gasteiger partial charge in [0.25, 0.3) is 5.91 Å². The van der Waals surface area contributed by atoms with E-state index in [2.05, 4.69) is 11.2 Å². The van der Waals surface area contributed by atoms with E-state index in [1.165, 1.54) is 4.90 Å². The van der Waals surface area contributed by atoms with Crippen molar-refractivity contribution >= 4 is 17.7 Å². The molecule has 2 aliphatic heterocycles. The van der Waals surface area contributed by atoms with Gasteiger partial charge in [0, 0.05) is 24.1 Å². The Kier molecular flexibility index (Phi) is 2.79. The van der Waals surface area contributed by atoms with Gasteiger partial charge in [0.2, 0.25) is 11.8 Å². The number of benzene rings is 1. The standard InChI is InChI=1S/C15H12N2O3/c1-2-9-4-3-5-10-11(9)8-17(15(10)20)12-6-7-13(18)16-14(12)19/h1,3-5,12H,6-8H2,(H,16,18,19). The normalized spacial score (nSPS) is 21.4. The smallest absolute Gasteiger partial charge is 0.255 e. The fourth-order valence-electron chi connectivity index (χ4n) is 2.72. The van der Waals surface area contributed by atoms with Crippen LogP contribution in [0, 0.1) is 12.3 Å². The van der Waals surface area contributed by atoms with Crippen LogP contribution in [0.4, 0.5) is 0 Å². The van der Waals surface area contributed by atoms with E-state index in [1.54, 1.807) is 18.2 Å². The number of carbonyl (C=O) groups is 3. The van der Waals surface area contributed by atoms with Gasteiger partial charge in [0.05, 0.1) is 0 Å². The Morgan fingerprint density at radius 2 is 2.10 bits per heavy atom. The highest BCUT2D eigenvalue weighted by atomic mass is 16.2. The van der Waals surface area contributed by atoms with Crippen molar-refractivity contribution in [2.24, 2.45) is 0 Å². The zero-order valence-electron chi connectivity index (χ0n) is 10.7. The maximum atomic E-state index is 12.4. The molecule has 3 amide bonds. The summed E-state index contributed by atoms with van der Waals surface area (Å²) in [4.78, 5) is 36.9. The maximum Gasteiger partial charge on any atom is 0.255 e. The second-order valence-electron chi connectivity index (χ2n) is 4.88. The van der Waals surface area contributed by atoms with E-state index in [-0.39, 0.29) is 18.2 Å². The average molecular weight is 268 g/mol. The van der Waals surface area contributed by atoms with Gasteiger partial charge in [-0.05, 0) is 24.1 Å². The topological polar surface area (TPSA) is 66.5 Å². The molecule has 0 aliphatic carbocycles. The van der Waals surface area contributed by atoms with Crippen molar-refractivity contribution in [3.8, 4) is 12.3 Å². The van der Waals surface area contributed by atoms with Crippen LogP contribution in [0.1, 0.15) is 34.3 Å². The van der Waals surface area contributed by atoms with E-state index in [1.807, 2.05) is 0 Å². The van der Waals surface area contributed by atoms with Crippen molar-refractivity contribution in [3.05, 3.63) is 34.9 Å². The number of carbonyl (C=O) groups excluding carboxylic acids is 3. The maximum absolute atomic E-state index is 12.4. The zero-order chi connectivity index (χ0) is 14.3. The van der Waals surface area contributed by atoms with Crippen LogP contribution < -0.4 is 5.32 Å². The van der Waals surface area contributed by atoms with E-state index in [0.717, 1.165) is 5.56 Å². The predicted octanol–water partition coefficient (Wildman–Crippen LogP) is 0.429. The van der Waals surface area contributed by atoms with Crippen LogP contribution in [0.2, 0.25) is 0 Å². The molecule has 2 aliphatic rings. The SMILES string of the molecule is C#Cc1cccc2c1CN(C1CCC(=O)NC1=O)C2=O. The number of terminal acetylenes is 1. The van der Waals surface area contributed by atoms with Gasteiger partial charge in [-0.2, -0.15) is 0 Å². The molecule has 1 atom stereocenters. The van der Waals surface area contributed by atoms with Gasteiger partial charge >= 0.3 is 0 Å². The van der Waals surface area contributed by atoms with Crippen LogP contribution in [0.15, 0.2) is 18.2 Å². The summed E-state index contributed by atoms with van der Waals surface area (Å²) in [6.45, 7) is 0.320. The first-order valence-electron chi connectivity index (χ1n) is 6.35. The Morgan fingerprint density at radius 3 is 2.80 bits per heavy atom. The fourth-order valence-corrected chi connectivity index (χ4v) is 2.72. The summed E-state index contributed by atoms with van der Waals surface area (Å²) >= 11 is 0. The lowest BCUT2D eigenvalue weighted by molar-refractivity contribution is -0.136. The first kappa shape index (κ1) is 12.4. The van der Waals surface area contributed by atoms with Crippen molar-refractivity contribution in [1.82, 2.24) is 10.2 Å². The molecule has 1 fully saturated rings. The number of hydrogen-bond acceptors (Lipinski definition) is 3. The molecule has 2 heterocycles. The lowest BCUT2D eigenvalue weighted by atomic mass is 10.0. The molecule has 0 spiro atoms. The monoisotopic (exact) mass is 268 g/mol. The minimum atomic E-state index is -0.599. The molecule has 5 heteroatoms. The summed E-state index contributed by atoms with van der Waals surface area (Å²) < 4.78 is 0. The van der Waals surface area contributed by atoms with Crippen LogP contribution in [0.25, 0.3) is 0 Å². The number of fused-ring (bicyclic) bond motifs is 1. The molecule has 5 nitrogen and oxygen atoms in total. The fraction of sp³-hybridized carbons (Fsp3) is 0.267. The first-order chi connectivity index (χ1) is 9.61. The molecule has 3 rings (SSSR count). The molecule has 100 valence electrons. The summed E-state index contributed by atoms with van der Waals surface area (Å²) in [5, 5.41) is 2.27. The Labute approximate surface area is 115 Å². The van der Waals surface area contributed by atoms with Crippen LogP contribution in [-0.4, -0.2) is 28.7 Å². The van der Waals surface area contributed by atoms with E-state index in [4.69, 9.17) is 6.42 Å². The number of rotatable bonds is 1. The highest BCUT2D eigenvalue weighted by Crippen LogP contribution is 2.29. The third-order valence-corrected chi connectivity index (χ3v) is 3.74.